The number of nitrogens with zero attached hydrogens (tertiary/aromatic N) is 8. The molecule has 2 atom stereocenters. The quantitative estimate of drug-likeness (QED) is 0.401. The van der Waals surface area contributed by atoms with Crippen molar-refractivity contribution in [2.24, 2.45) is 0 Å². The lowest BCUT2D eigenvalue weighted by Crippen LogP contribution is -2.25. The third-order valence-corrected chi connectivity index (χ3v) is 6.34. The van der Waals surface area contributed by atoms with Crippen LogP contribution >= 0.6 is 0 Å². The Kier molecular flexibility index (Phi) is 7.20. The van der Waals surface area contributed by atoms with E-state index < -0.39 is 0 Å². The number of fused-ring (bicyclic) bond motifs is 2. The summed E-state index contributed by atoms with van der Waals surface area (Å²) in [5.74, 6) is 1.43. The highest BCUT2D eigenvalue weighted by atomic mass is 16.5. The number of ether oxygens (including phenoxy) is 1. The molecule has 6 rings (SSSR count). The molecule has 10 heteroatoms. The van der Waals surface area contributed by atoms with Gasteiger partial charge in [-0.15, -0.1) is 10.2 Å². The molecule has 0 spiro atoms. The van der Waals surface area contributed by atoms with Gasteiger partial charge in [0.15, 0.2) is 11.6 Å². The summed E-state index contributed by atoms with van der Waals surface area (Å²) in [6.45, 7) is 3.18. The highest BCUT2D eigenvalue weighted by molar-refractivity contribution is 5.78. The van der Waals surface area contributed by atoms with Crippen LogP contribution in [0.25, 0.3) is 11.6 Å². The molecule has 0 N–H and O–H groups in total. The fourth-order valence-electron chi connectivity index (χ4n) is 4.72. The number of tetrazole rings is 2. The number of allylic oxidation sites excluding steroid dienone is 1. The van der Waals surface area contributed by atoms with E-state index >= 15 is 0 Å². The molecule has 0 saturated heterocycles. The number of aromatic nitrogens is 8. The second-order valence-electron chi connectivity index (χ2n) is 8.86. The summed E-state index contributed by atoms with van der Waals surface area (Å²) >= 11 is 0. The molecule has 0 bridgehead atoms. The molecule has 4 aromatic rings. The number of esters is 1. The van der Waals surface area contributed by atoms with Crippen LogP contribution in [0.2, 0.25) is 0 Å². The van der Waals surface area contributed by atoms with Gasteiger partial charge in [-0.2, -0.15) is 0 Å². The highest BCUT2D eigenvalue weighted by Gasteiger charge is 2.34. The van der Waals surface area contributed by atoms with Crippen LogP contribution in [0.3, 0.4) is 0 Å². The first-order chi connectivity index (χ1) is 17.7. The summed E-state index contributed by atoms with van der Waals surface area (Å²) in [5, 5.41) is 23.6. The fourth-order valence-corrected chi connectivity index (χ4v) is 4.72. The summed E-state index contributed by atoms with van der Waals surface area (Å²) in [6.07, 6.45) is 5.88. The Hall–Kier alpha value is -4.21. The molecule has 0 saturated carbocycles. The molecule has 0 amide bonds. The van der Waals surface area contributed by atoms with Gasteiger partial charge in [-0.05, 0) is 69.3 Å². The van der Waals surface area contributed by atoms with E-state index in [2.05, 4.69) is 49.3 Å². The monoisotopic (exact) mass is 484 g/mol. The first kappa shape index (κ1) is 23.5. The Labute approximate surface area is 209 Å². The number of aryl methyl sites for hydroxylation is 2. The minimum absolute atomic E-state index is 0.00468. The van der Waals surface area contributed by atoms with Gasteiger partial charge >= 0.3 is 5.97 Å². The first-order valence-electron chi connectivity index (χ1n) is 12.2. The van der Waals surface area contributed by atoms with Crippen molar-refractivity contribution in [3.8, 4) is 0 Å². The maximum Gasteiger partial charge on any atom is 0.303 e. The number of rotatable bonds is 4. The number of benzene rings is 2. The molecule has 0 aliphatic carbocycles. The zero-order chi connectivity index (χ0) is 24.7. The van der Waals surface area contributed by atoms with E-state index in [4.69, 9.17) is 4.74 Å². The van der Waals surface area contributed by atoms with Gasteiger partial charge in [-0.1, -0.05) is 60.7 Å². The van der Waals surface area contributed by atoms with E-state index in [9.17, 15) is 4.79 Å². The van der Waals surface area contributed by atoms with Gasteiger partial charge in [0.25, 0.3) is 0 Å². The lowest BCUT2D eigenvalue weighted by molar-refractivity contribution is -0.148. The van der Waals surface area contributed by atoms with Crippen LogP contribution in [0, 0.1) is 0 Å². The van der Waals surface area contributed by atoms with Crippen molar-refractivity contribution in [1.29, 1.82) is 0 Å². The maximum absolute atomic E-state index is 11.4. The molecule has 4 heterocycles. The molecule has 2 aromatic heterocycles. The molecule has 10 nitrogen and oxygen atoms in total. The number of hydrogen-bond donors (Lipinski definition) is 0. The van der Waals surface area contributed by atoms with E-state index in [1.54, 1.807) is 4.68 Å². The summed E-state index contributed by atoms with van der Waals surface area (Å²) in [6, 6.07) is 20.1. The van der Waals surface area contributed by atoms with E-state index in [0.29, 0.717) is 0 Å². The molecule has 2 aliphatic rings. The number of carbonyl (C=O) groups excluding carboxylic acids is 1. The lowest BCUT2D eigenvalue weighted by atomic mass is 9.89. The fraction of sp³-hybridized carbons (Fsp3) is 0.346. The van der Waals surface area contributed by atoms with E-state index in [1.807, 2.05) is 53.2 Å². The lowest BCUT2D eigenvalue weighted by Gasteiger charge is -2.29. The molecule has 184 valence electrons. The van der Waals surface area contributed by atoms with E-state index in [-0.39, 0.29) is 18.0 Å². The molecule has 2 aliphatic heterocycles. The standard InChI is InChI=1S/C14H16N4O2.C12H12N4/c1-10(19)20-13(11-6-3-2-4-7-11)12-8-5-9-18-14(12)15-16-17-18;1-2-5-10(6-3-1)9-11-7-4-8-16-12(11)13-14-15-16/h2-4,6-7,12-13H,5,8-9H2,1H3;1-3,5-6,9H,4,7-8H2. The Bertz CT molecular complexity index is 1320. The van der Waals surface area contributed by atoms with E-state index in [1.165, 1.54) is 18.1 Å². The minimum atomic E-state index is -0.334. The predicted octanol–water partition coefficient (Wildman–Crippen LogP) is 3.86. The average molecular weight is 485 g/mol. The van der Waals surface area contributed by atoms with Crippen LogP contribution < -0.4 is 0 Å². The molecule has 0 fully saturated rings. The van der Waals surface area contributed by atoms with Gasteiger partial charge in [-0.3, -0.25) is 4.79 Å². The normalized spacial score (nSPS) is 18.4. The van der Waals surface area contributed by atoms with E-state index in [0.717, 1.165) is 56.0 Å². The van der Waals surface area contributed by atoms with Crippen LogP contribution in [0.4, 0.5) is 0 Å². The second-order valence-corrected chi connectivity index (χ2v) is 8.86. The van der Waals surface area contributed by atoms with Gasteiger partial charge in [0.05, 0.1) is 5.92 Å². The Morgan fingerprint density at radius 2 is 1.64 bits per heavy atom. The Balaban J connectivity index is 0.000000152. The van der Waals surface area contributed by atoms with Crippen molar-refractivity contribution in [1.82, 2.24) is 40.4 Å². The van der Waals surface area contributed by atoms with Gasteiger partial charge < -0.3 is 4.74 Å². The molecule has 2 aromatic carbocycles. The topological polar surface area (TPSA) is 114 Å². The smallest absolute Gasteiger partial charge is 0.303 e. The van der Waals surface area contributed by atoms with Crippen molar-refractivity contribution in [3.63, 3.8) is 0 Å². The third kappa shape index (κ3) is 5.37. The van der Waals surface area contributed by atoms with Crippen molar-refractivity contribution >= 4 is 17.6 Å². The third-order valence-electron chi connectivity index (χ3n) is 6.34. The zero-order valence-corrected chi connectivity index (χ0v) is 20.1. The zero-order valence-electron chi connectivity index (χ0n) is 20.1. The highest BCUT2D eigenvalue weighted by Crippen LogP contribution is 2.38. The number of carbonyl (C=O) groups is 1. The molecular formula is C26H28N8O2. The van der Waals surface area contributed by atoms with Crippen LogP contribution in [0.5, 0.6) is 0 Å². The Morgan fingerprint density at radius 1 is 0.944 bits per heavy atom. The second kappa shape index (κ2) is 11.0. The Morgan fingerprint density at radius 3 is 2.42 bits per heavy atom. The first-order valence-corrected chi connectivity index (χ1v) is 12.2. The molecule has 36 heavy (non-hydrogen) atoms. The summed E-state index contributed by atoms with van der Waals surface area (Å²) in [5.41, 5.74) is 3.40. The SMILES string of the molecule is C(=C1CCCn2nnnc21)c1ccccc1.CC(=O)OC(c1ccccc1)C1CCCn2nnnc21. The summed E-state index contributed by atoms with van der Waals surface area (Å²) < 4.78 is 9.23. The van der Waals surface area contributed by atoms with Crippen molar-refractivity contribution in [2.45, 2.75) is 57.7 Å². The molecular weight excluding hydrogens is 456 g/mol. The molecule has 2 unspecified atom stereocenters. The molecule has 0 radical (unpaired) electrons. The average Bonchev–Trinajstić information content (AvgIpc) is 3.59. The van der Waals surface area contributed by atoms with Crippen LogP contribution in [-0.4, -0.2) is 46.4 Å². The van der Waals surface area contributed by atoms with Crippen molar-refractivity contribution in [2.75, 3.05) is 0 Å². The predicted molar refractivity (Wildman–Crippen MR) is 132 cm³/mol. The minimum Gasteiger partial charge on any atom is -0.457 e. The summed E-state index contributed by atoms with van der Waals surface area (Å²) in [4.78, 5) is 11.4. The largest absolute Gasteiger partial charge is 0.457 e. The van der Waals surface area contributed by atoms with Crippen molar-refractivity contribution in [3.05, 3.63) is 83.4 Å². The van der Waals surface area contributed by atoms with Gasteiger partial charge in [0.2, 0.25) is 0 Å². The summed E-state index contributed by atoms with van der Waals surface area (Å²) in [7, 11) is 0. The van der Waals surface area contributed by atoms with Gasteiger partial charge in [0.1, 0.15) is 6.10 Å². The van der Waals surface area contributed by atoms with Gasteiger partial charge in [-0.25, -0.2) is 9.36 Å². The van der Waals surface area contributed by atoms with Gasteiger partial charge in [0, 0.05) is 20.0 Å². The van der Waals surface area contributed by atoms with Crippen molar-refractivity contribution < 1.29 is 9.53 Å². The number of hydrogen-bond acceptors (Lipinski definition) is 8. The van der Waals surface area contributed by atoms with Crippen LogP contribution in [0.15, 0.2) is 60.7 Å². The van der Waals surface area contributed by atoms with Crippen LogP contribution in [-0.2, 0) is 22.6 Å². The van der Waals surface area contributed by atoms with Crippen LogP contribution in [0.1, 0.15) is 67.4 Å². The maximum atomic E-state index is 11.4.